The predicted octanol–water partition coefficient (Wildman–Crippen LogP) is 2.47. The number of rotatable bonds is 1. The number of hydrogen-bond donors (Lipinski definition) is 1. The van der Waals surface area contributed by atoms with Gasteiger partial charge < -0.3 is 5.11 Å². The number of aromatic nitrogens is 3. The maximum atomic E-state index is 9.62. The maximum Gasteiger partial charge on any atom is 0.198 e. The zero-order valence-corrected chi connectivity index (χ0v) is 9.40. The molecule has 3 rings (SSSR count). The lowest BCUT2D eigenvalue weighted by molar-refractivity contribution is 0.477. The van der Waals surface area contributed by atoms with E-state index < -0.39 is 0 Å². The monoisotopic (exact) mass is 231 g/mol. The molecule has 0 aromatic carbocycles. The summed E-state index contributed by atoms with van der Waals surface area (Å²) in [4.78, 5) is 6.54. The minimum atomic E-state index is 0.148. The molecular weight excluding hydrogens is 222 g/mol. The Morgan fingerprint density at radius 1 is 1.31 bits per heavy atom. The lowest BCUT2D eigenvalue weighted by Gasteiger charge is -1.91. The molecule has 16 heavy (non-hydrogen) atoms. The summed E-state index contributed by atoms with van der Waals surface area (Å²) in [5.41, 5.74) is 0.489. The molecule has 1 N–H and O–H groups in total. The van der Waals surface area contributed by atoms with Gasteiger partial charge in [-0.05, 0) is 31.2 Å². The zero-order valence-electron chi connectivity index (χ0n) is 8.58. The first-order chi connectivity index (χ1) is 7.74. The van der Waals surface area contributed by atoms with Gasteiger partial charge in [0.05, 0.1) is 4.88 Å². The lowest BCUT2D eigenvalue weighted by Crippen LogP contribution is -1.84. The molecule has 3 aromatic rings. The zero-order chi connectivity index (χ0) is 11.1. The molecule has 0 radical (unpaired) electrons. The van der Waals surface area contributed by atoms with E-state index in [1.165, 1.54) is 4.88 Å². The fourth-order valence-corrected chi connectivity index (χ4v) is 2.35. The van der Waals surface area contributed by atoms with Crippen LogP contribution in [0.1, 0.15) is 4.88 Å². The molecule has 3 heterocycles. The van der Waals surface area contributed by atoms with E-state index in [4.69, 9.17) is 0 Å². The second-order valence-electron chi connectivity index (χ2n) is 3.51. The molecule has 0 fully saturated rings. The van der Waals surface area contributed by atoms with E-state index in [2.05, 4.69) is 10.1 Å². The molecule has 5 heteroatoms. The van der Waals surface area contributed by atoms with Gasteiger partial charge in [-0.1, -0.05) is 0 Å². The van der Waals surface area contributed by atoms with E-state index in [9.17, 15) is 5.11 Å². The second-order valence-corrected chi connectivity index (χ2v) is 4.80. The van der Waals surface area contributed by atoms with Crippen molar-refractivity contribution in [3.05, 3.63) is 35.3 Å². The van der Waals surface area contributed by atoms with Gasteiger partial charge in [0.15, 0.2) is 17.2 Å². The van der Waals surface area contributed by atoms with E-state index in [-0.39, 0.29) is 5.75 Å². The fraction of sp³-hybridized carbons (Fsp3) is 0.0909. The Morgan fingerprint density at radius 3 is 2.88 bits per heavy atom. The Balaban J connectivity index is 2.22. The number of aryl methyl sites for hydroxylation is 1. The summed E-state index contributed by atoms with van der Waals surface area (Å²) in [7, 11) is 0. The average molecular weight is 231 g/mol. The third-order valence-electron chi connectivity index (χ3n) is 2.30. The van der Waals surface area contributed by atoms with Gasteiger partial charge in [-0.15, -0.1) is 16.4 Å². The number of thiophene rings is 1. The van der Waals surface area contributed by atoms with Crippen molar-refractivity contribution in [1.82, 2.24) is 14.6 Å². The predicted molar refractivity (Wildman–Crippen MR) is 62.7 cm³/mol. The SMILES string of the molecule is Cc1ccc(-c2nc3c(O)cccn3n2)s1. The summed E-state index contributed by atoms with van der Waals surface area (Å²) in [6, 6.07) is 7.37. The molecule has 0 aliphatic heterocycles. The summed E-state index contributed by atoms with van der Waals surface area (Å²) in [6.45, 7) is 2.04. The Morgan fingerprint density at radius 2 is 2.19 bits per heavy atom. The number of fused-ring (bicyclic) bond motifs is 1. The second kappa shape index (κ2) is 3.31. The topological polar surface area (TPSA) is 50.4 Å². The fourth-order valence-electron chi connectivity index (χ4n) is 1.55. The number of aromatic hydroxyl groups is 1. The van der Waals surface area contributed by atoms with Crippen LogP contribution in [0.4, 0.5) is 0 Å². The highest BCUT2D eigenvalue weighted by Crippen LogP contribution is 2.26. The molecule has 0 atom stereocenters. The Kier molecular flexibility index (Phi) is 1.94. The summed E-state index contributed by atoms with van der Waals surface area (Å²) in [5.74, 6) is 0.800. The van der Waals surface area contributed by atoms with Gasteiger partial charge in [-0.2, -0.15) is 0 Å². The molecule has 0 saturated carbocycles. The van der Waals surface area contributed by atoms with Gasteiger partial charge in [-0.25, -0.2) is 9.50 Å². The van der Waals surface area contributed by atoms with Gasteiger partial charge >= 0.3 is 0 Å². The molecule has 0 amide bonds. The molecule has 3 aromatic heterocycles. The Bertz CT molecular complexity index is 656. The Hall–Kier alpha value is -1.88. The highest BCUT2D eigenvalue weighted by Gasteiger charge is 2.10. The van der Waals surface area contributed by atoms with Crippen molar-refractivity contribution < 1.29 is 5.11 Å². The van der Waals surface area contributed by atoms with Crippen LogP contribution < -0.4 is 0 Å². The molecular formula is C11H9N3OS. The maximum absolute atomic E-state index is 9.62. The third kappa shape index (κ3) is 1.37. The van der Waals surface area contributed by atoms with Crippen LogP contribution in [0.2, 0.25) is 0 Å². The summed E-state index contributed by atoms with van der Waals surface area (Å²) >= 11 is 1.64. The molecule has 0 aliphatic carbocycles. The van der Waals surface area contributed by atoms with E-state index >= 15 is 0 Å². The quantitative estimate of drug-likeness (QED) is 0.700. The van der Waals surface area contributed by atoms with E-state index in [0.717, 1.165) is 4.88 Å². The normalized spacial score (nSPS) is 11.1. The molecule has 0 spiro atoms. The van der Waals surface area contributed by atoms with Crippen molar-refractivity contribution >= 4 is 17.0 Å². The molecule has 0 aliphatic rings. The van der Waals surface area contributed by atoms with Crippen LogP contribution >= 0.6 is 11.3 Å². The van der Waals surface area contributed by atoms with Gasteiger partial charge in [0.2, 0.25) is 0 Å². The van der Waals surface area contributed by atoms with Crippen LogP contribution in [-0.2, 0) is 0 Å². The van der Waals surface area contributed by atoms with E-state index in [0.29, 0.717) is 11.5 Å². The highest BCUT2D eigenvalue weighted by molar-refractivity contribution is 7.15. The van der Waals surface area contributed by atoms with Crippen molar-refractivity contribution in [3.8, 4) is 16.5 Å². The lowest BCUT2D eigenvalue weighted by atomic mass is 10.4. The van der Waals surface area contributed by atoms with Gasteiger partial charge in [0.25, 0.3) is 0 Å². The van der Waals surface area contributed by atoms with Crippen LogP contribution in [0.3, 0.4) is 0 Å². The minimum absolute atomic E-state index is 0.148. The number of nitrogens with zero attached hydrogens (tertiary/aromatic N) is 3. The molecule has 0 unspecified atom stereocenters. The van der Waals surface area contributed by atoms with Crippen LogP contribution in [-0.4, -0.2) is 19.7 Å². The van der Waals surface area contributed by atoms with Gasteiger partial charge in [0.1, 0.15) is 0 Å². The minimum Gasteiger partial charge on any atom is -0.504 e. The van der Waals surface area contributed by atoms with Gasteiger partial charge in [0, 0.05) is 11.1 Å². The number of hydrogen-bond acceptors (Lipinski definition) is 4. The first-order valence-electron chi connectivity index (χ1n) is 4.85. The summed E-state index contributed by atoms with van der Waals surface area (Å²) in [6.07, 6.45) is 1.77. The smallest absolute Gasteiger partial charge is 0.198 e. The first kappa shape index (κ1) is 9.35. The van der Waals surface area contributed by atoms with E-state index in [1.807, 2.05) is 19.1 Å². The van der Waals surface area contributed by atoms with Crippen LogP contribution in [0.5, 0.6) is 5.75 Å². The van der Waals surface area contributed by atoms with Crippen molar-refractivity contribution in [2.24, 2.45) is 0 Å². The molecule has 4 nitrogen and oxygen atoms in total. The van der Waals surface area contributed by atoms with Crippen LogP contribution in [0.15, 0.2) is 30.5 Å². The molecule has 80 valence electrons. The summed E-state index contributed by atoms with van der Waals surface area (Å²) < 4.78 is 1.58. The first-order valence-corrected chi connectivity index (χ1v) is 5.67. The highest BCUT2D eigenvalue weighted by atomic mass is 32.1. The third-order valence-corrected chi connectivity index (χ3v) is 3.30. The van der Waals surface area contributed by atoms with Crippen LogP contribution in [0.25, 0.3) is 16.3 Å². The van der Waals surface area contributed by atoms with Crippen molar-refractivity contribution in [2.75, 3.05) is 0 Å². The Labute approximate surface area is 95.8 Å². The van der Waals surface area contributed by atoms with Crippen molar-refractivity contribution in [1.29, 1.82) is 0 Å². The standard InChI is InChI=1S/C11H9N3OS/c1-7-4-5-9(16-7)10-12-11-8(15)3-2-6-14(11)13-10/h2-6,15H,1H3. The molecule has 0 saturated heterocycles. The van der Waals surface area contributed by atoms with Gasteiger partial charge in [-0.3, -0.25) is 0 Å². The largest absolute Gasteiger partial charge is 0.504 e. The van der Waals surface area contributed by atoms with Crippen molar-refractivity contribution in [2.45, 2.75) is 6.92 Å². The molecule has 0 bridgehead atoms. The number of pyridine rings is 1. The van der Waals surface area contributed by atoms with E-state index in [1.54, 1.807) is 34.2 Å². The van der Waals surface area contributed by atoms with Crippen molar-refractivity contribution in [3.63, 3.8) is 0 Å². The summed E-state index contributed by atoms with van der Waals surface area (Å²) in [5, 5.41) is 13.9. The van der Waals surface area contributed by atoms with Crippen LogP contribution in [0, 0.1) is 6.92 Å². The average Bonchev–Trinajstić information content (AvgIpc) is 2.84.